The number of anilines is 1. The van der Waals surface area contributed by atoms with Gasteiger partial charge >= 0.3 is 18.1 Å². The second-order valence-corrected chi connectivity index (χ2v) is 15.6. The molecule has 0 saturated carbocycles. The van der Waals surface area contributed by atoms with Gasteiger partial charge < -0.3 is 72.2 Å². The number of carbonyl (C=O) groups is 8. The second-order valence-electron chi connectivity index (χ2n) is 15.6. The molecular weight excluding hydrogens is 875 g/mol. The summed E-state index contributed by atoms with van der Waals surface area (Å²) < 4.78 is 18.0. The minimum atomic E-state index is -1.11. The summed E-state index contributed by atoms with van der Waals surface area (Å²) in [6.07, 6.45) is 1.02. The van der Waals surface area contributed by atoms with Crippen molar-refractivity contribution in [3.63, 3.8) is 0 Å². The molecule has 0 spiro atoms. The average molecular weight is 940 g/mol. The van der Waals surface area contributed by atoms with Gasteiger partial charge in [0.25, 0.3) is 0 Å². The Morgan fingerprint density at radius 1 is 0.776 bits per heavy atom. The summed E-state index contributed by atoms with van der Waals surface area (Å²) in [5.41, 5.74) is 7.92. The number of nitrogens with one attached hydrogen (secondary N) is 8. The number of amides is 8. The summed E-state index contributed by atoms with van der Waals surface area (Å²) in [4.78, 5) is 104. The van der Waals surface area contributed by atoms with Crippen molar-refractivity contribution in [3.8, 4) is 0 Å². The number of nitrogens with zero attached hydrogens (tertiary/aromatic N) is 2. The van der Waals surface area contributed by atoms with Gasteiger partial charge in [-0.05, 0) is 68.1 Å². The van der Waals surface area contributed by atoms with Gasteiger partial charge in [-0.1, -0.05) is 26.0 Å². The molecule has 0 saturated heterocycles. The van der Waals surface area contributed by atoms with Crippen LogP contribution in [-0.4, -0.2) is 134 Å². The summed E-state index contributed by atoms with van der Waals surface area (Å²) in [5, 5.41) is 31.6. The number of aliphatic carboxylic acids is 1. The van der Waals surface area contributed by atoms with Crippen molar-refractivity contribution < 1.29 is 57.7 Å². The van der Waals surface area contributed by atoms with Crippen LogP contribution in [0.3, 0.4) is 0 Å². The first kappa shape index (κ1) is 54.5. The molecule has 0 bridgehead atoms. The number of ether oxygens (including phenoxy) is 3. The number of benzene rings is 1. The Morgan fingerprint density at radius 3 is 2.15 bits per heavy atom. The lowest BCUT2D eigenvalue weighted by molar-refractivity contribution is -0.138. The number of carboxylic acids is 1. The van der Waals surface area contributed by atoms with Crippen molar-refractivity contribution in [1.82, 2.24) is 46.8 Å². The normalized spacial score (nSPS) is 12.3. The highest BCUT2D eigenvalue weighted by molar-refractivity contribution is 5.98. The number of nitrogens with two attached hydrogens (primary N) is 1. The van der Waals surface area contributed by atoms with Crippen molar-refractivity contribution in [2.45, 2.75) is 90.2 Å². The van der Waals surface area contributed by atoms with Crippen molar-refractivity contribution in [3.05, 3.63) is 59.9 Å². The lowest BCUT2D eigenvalue weighted by Crippen LogP contribution is -2.54. The van der Waals surface area contributed by atoms with Crippen molar-refractivity contribution >= 4 is 64.4 Å². The van der Waals surface area contributed by atoms with Gasteiger partial charge in [0.05, 0.1) is 26.4 Å². The number of urea groups is 1. The summed E-state index contributed by atoms with van der Waals surface area (Å²) >= 11 is 0. The average Bonchev–Trinajstić information content (AvgIpc) is 3.65. The summed E-state index contributed by atoms with van der Waals surface area (Å²) in [7, 11) is 3.26. The van der Waals surface area contributed by atoms with Crippen LogP contribution in [-0.2, 0) is 62.7 Å². The van der Waals surface area contributed by atoms with Gasteiger partial charge in [-0.25, -0.2) is 14.6 Å². The molecule has 8 amide bonds. The van der Waals surface area contributed by atoms with E-state index in [2.05, 4.69) is 47.5 Å². The van der Waals surface area contributed by atoms with Crippen LogP contribution in [0.1, 0.15) is 63.6 Å². The Labute approximate surface area is 388 Å². The van der Waals surface area contributed by atoms with E-state index in [1.165, 1.54) is 7.05 Å². The zero-order valence-electron chi connectivity index (χ0n) is 38.4. The molecule has 23 nitrogen and oxygen atoms in total. The molecule has 2 heterocycles. The molecule has 2 aromatic heterocycles. The lowest BCUT2D eigenvalue weighted by Gasteiger charge is -2.25. The van der Waals surface area contributed by atoms with Crippen molar-refractivity contribution in [2.24, 2.45) is 11.7 Å². The van der Waals surface area contributed by atoms with Crippen LogP contribution in [0.4, 0.5) is 15.3 Å². The molecule has 0 fully saturated rings. The number of pyridine rings is 1. The van der Waals surface area contributed by atoms with Crippen LogP contribution in [0.25, 0.3) is 11.0 Å². The second kappa shape index (κ2) is 29.6. The predicted octanol–water partition coefficient (Wildman–Crippen LogP) is 0.604. The van der Waals surface area contributed by atoms with Gasteiger partial charge in [0, 0.05) is 75.5 Å². The van der Waals surface area contributed by atoms with E-state index in [4.69, 9.17) is 19.9 Å². The number of hydrogen-bond acceptors (Lipinski definition) is 13. The van der Waals surface area contributed by atoms with Gasteiger partial charge in [-0.2, -0.15) is 0 Å². The quantitative estimate of drug-likeness (QED) is 0.0396. The SMILES string of the molecule is CNCc1cc2cccnc2n1CCC(=O)N[C@@H](CCC(=O)O)C(=O)NCCOCCOCCC(=O)N[C@H](C(=O)N[C@@H](CCCNC(N)=O)C(=O)Nc1ccc(COC(=O)NC)cc1)C(C)C. The fourth-order valence-electron chi connectivity index (χ4n) is 6.55. The van der Waals surface area contributed by atoms with Gasteiger partial charge in [0.15, 0.2) is 0 Å². The van der Waals surface area contributed by atoms with Crippen LogP contribution < -0.4 is 48.3 Å². The number of aromatic nitrogens is 2. The number of rotatable bonds is 31. The van der Waals surface area contributed by atoms with Crippen molar-refractivity contribution in [1.29, 1.82) is 0 Å². The molecule has 0 aliphatic carbocycles. The van der Waals surface area contributed by atoms with E-state index in [9.17, 15) is 43.5 Å². The fourth-order valence-corrected chi connectivity index (χ4v) is 6.55. The number of fused-ring (bicyclic) bond motifs is 1. The first-order valence-electron chi connectivity index (χ1n) is 22.0. The molecule has 0 aliphatic heterocycles. The van der Waals surface area contributed by atoms with Crippen LogP contribution in [0, 0.1) is 5.92 Å². The minimum Gasteiger partial charge on any atom is -0.481 e. The van der Waals surface area contributed by atoms with Crippen LogP contribution in [0.5, 0.6) is 0 Å². The maximum Gasteiger partial charge on any atom is 0.407 e. The van der Waals surface area contributed by atoms with Gasteiger partial charge in [0.1, 0.15) is 30.4 Å². The number of carbonyl (C=O) groups excluding carboxylic acids is 7. The van der Waals surface area contributed by atoms with E-state index >= 15 is 0 Å². The first-order chi connectivity index (χ1) is 32.1. The fraction of sp³-hybridized carbons (Fsp3) is 0.523. The summed E-state index contributed by atoms with van der Waals surface area (Å²) in [6.45, 7) is 4.92. The van der Waals surface area contributed by atoms with Gasteiger partial charge in [-0.3, -0.25) is 28.8 Å². The van der Waals surface area contributed by atoms with E-state index in [-0.39, 0.29) is 84.1 Å². The number of alkyl carbamates (subject to hydrolysis) is 1. The monoisotopic (exact) mass is 939 g/mol. The molecule has 23 heteroatoms. The third-order valence-electron chi connectivity index (χ3n) is 10.0. The highest BCUT2D eigenvalue weighted by Crippen LogP contribution is 2.18. The molecule has 3 rings (SSSR count). The molecule has 11 N–H and O–H groups in total. The largest absolute Gasteiger partial charge is 0.481 e. The molecule has 368 valence electrons. The van der Waals surface area contributed by atoms with E-state index in [0.717, 1.165) is 16.7 Å². The number of aryl methyl sites for hydroxylation is 1. The van der Waals surface area contributed by atoms with E-state index in [1.807, 2.05) is 29.8 Å². The third-order valence-corrected chi connectivity index (χ3v) is 10.0. The first-order valence-corrected chi connectivity index (χ1v) is 22.0. The molecule has 67 heavy (non-hydrogen) atoms. The van der Waals surface area contributed by atoms with Crippen LogP contribution in [0.15, 0.2) is 48.7 Å². The maximum atomic E-state index is 13.5. The summed E-state index contributed by atoms with van der Waals surface area (Å²) in [5.74, 6) is -4.05. The minimum absolute atomic E-state index is 0.00576. The Morgan fingerprint density at radius 2 is 1.48 bits per heavy atom. The van der Waals surface area contributed by atoms with Gasteiger partial charge in [-0.15, -0.1) is 0 Å². The molecule has 0 unspecified atom stereocenters. The highest BCUT2D eigenvalue weighted by Gasteiger charge is 2.29. The Hall–Kier alpha value is -6.85. The predicted molar refractivity (Wildman–Crippen MR) is 245 cm³/mol. The number of primary amides is 1. The van der Waals surface area contributed by atoms with Crippen LogP contribution in [0.2, 0.25) is 0 Å². The standard InChI is InChI=1S/C44H65N11O12/c1-28(2)38(42(62)53-33(8-6-18-50-43(45)63)41(61)51-31-11-9-29(10-12-31)27-67-44(64)47-4)54-36(57)16-21-65-23-24-66-22-19-49-40(60)34(13-14-37(58)59)52-35(56)15-20-55-32(26-46-3)25-30-7-5-17-48-39(30)55/h5,7,9-12,17,25,28,33-34,38,46H,6,8,13-16,18-24,26-27H2,1-4H3,(H,47,64)(H,49,60)(H,51,61)(H,52,56)(H,53,62)(H,54,57)(H,58,59)(H3,45,50,63)/t33-,34-,38-/m0/s1. The maximum absolute atomic E-state index is 13.5. The van der Waals surface area contributed by atoms with E-state index in [0.29, 0.717) is 30.8 Å². The van der Waals surface area contributed by atoms with Crippen LogP contribution >= 0.6 is 0 Å². The molecule has 3 atom stereocenters. The Balaban J connectivity index is 1.40. The summed E-state index contributed by atoms with van der Waals surface area (Å²) in [6, 6.07) is 8.45. The zero-order valence-corrected chi connectivity index (χ0v) is 38.4. The highest BCUT2D eigenvalue weighted by atomic mass is 16.5. The topological polar surface area (TPSA) is 325 Å². The molecular formula is C44H65N11O12. The molecule has 3 aromatic rings. The van der Waals surface area contributed by atoms with E-state index in [1.54, 1.807) is 44.3 Å². The number of carboxylic acid groups (broad SMARTS) is 1. The molecule has 0 radical (unpaired) electrons. The smallest absolute Gasteiger partial charge is 0.407 e. The molecule has 1 aromatic carbocycles. The lowest BCUT2D eigenvalue weighted by atomic mass is 10.0. The molecule has 0 aliphatic rings. The van der Waals surface area contributed by atoms with E-state index < -0.39 is 65.8 Å². The number of hydrogen-bond donors (Lipinski definition) is 10. The van der Waals surface area contributed by atoms with Gasteiger partial charge in [0.2, 0.25) is 29.5 Å². The van der Waals surface area contributed by atoms with Crippen molar-refractivity contribution in [2.75, 3.05) is 58.9 Å². The zero-order chi connectivity index (χ0) is 49.1. The Kier molecular flexibility index (Phi) is 24.1. The third kappa shape index (κ3) is 20.5. The Bertz CT molecular complexity index is 2100.